The molecule has 1 amide bonds. The van der Waals surface area contributed by atoms with Crippen molar-refractivity contribution in [3.63, 3.8) is 0 Å². The molecule has 0 bridgehead atoms. The van der Waals surface area contributed by atoms with Gasteiger partial charge in [-0.25, -0.2) is 4.98 Å². The number of hydrogen-bond donors (Lipinski definition) is 2. The molecule has 1 aromatic rings. The number of carbonyl (C=O) groups excluding carboxylic acids is 1. The van der Waals surface area contributed by atoms with Crippen molar-refractivity contribution in [1.29, 1.82) is 0 Å². The third-order valence-corrected chi connectivity index (χ3v) is 3.54. The van der Waals surface area contributed by atoms with E-state index in [2.05, 4.69) is 15.2 Å². The Morgan fingerprint density at radius 3 is 2.90 bits per heavy atom. The van der Waals surface area contributed by atoms with Crippen LogP contribution in [0, 0.1) is 0 Å². The number of nitrogens with two attached hydrogens (primary N) is 1. The number of amides is 1. The van der Waals surface area contributed by atoms with E-state index < -0.39 is 0 Å². The van der Waals surface area contributed by atoms with E-state index in [4.69, 9.17) is 10.5 Å². The number of ether oxygens (including phenoxy) is 1. The van der Waals surface area contributed by atoms with E-state index >= 15 is 0 Å². The largest absolute Gasteiger partial charge is 0.481 e. The van der Waals surface area contributed by atoms with Crippen molar-refractivity contribution in [2.75, 3.05) is 26.7 Å². The van der Waals surface area contributed by atoms with Gasteiger partial charge in [-0.05, 0) is 32.0 Å². The standard InChI is InChI=1S/C14H22N4O2/c1-20-14-4-2-3-11(17-14)9-18(10-13(15)19)12-5-7-16-8-6-12/h2-4,12,16H,5-10H2,1H3,(H2,15,19). The van der Waals surface area contributed by atoms with Gasteiger partial charge >= 0.3 is 0 Å². The second kappa shape index (κ2) is 7.21. The number of nitrogens with one attached hydrogen (secondary N) is 1. The van der Waals surface area contributed by atoms with Crippen LogP contribution in [0.2, 0.25) is 0 Å². The summed E-state index contributed by atoms with van der Waals surface area (Å²) in [4.78, 5) is 17.8. The van der Waals surface area contributed by atoms with Crippen LogP contribution < -0.4 is 15.8 Å². The Bertz CT molecular complexity index is 447. The first kappa shape index (κ1) is 14.7. The smallest absolute Gasteiger partial charge is 0.231 e. The molecule has 0 spiro atoms. The number of aromatic nitrogens is 1. The van der Waals surface area contributed by atoms with E-state index in [-0.39, 0.29) is 12.5 Å². The van der Waals surface area contributed by atoms with Crippen LogP contribution in [0.1, 0.15) is 18.5 Å². The molecule has 110 valence electrons. The Hall–Kier alpha value is -1.66. The molecule has 6 heteroatoms. The highest BCUT2D eigenvalue weighted by Crippen LogP contribution is 2.16. The third kappa shape index (κ3) is 4.18. The van der Waals surface area contributed by atoms with Crippen LogP contribution in [-0.4, -0.2) is 48.6 Å². The number of rotatable bonds is 6. The predicted octanol–water partition coefficient (Wildman–Crippen LogP) is 0.130. The summed E-state index contributed by atoms with van der Waals surface area (Å²) in [5, 5.41) is 3.33. The van der Waals surface area contributed by atoms with Crippen molar-refractivity contribution in [3.8, 4) is 5.88 Å². The molecule has 0 unspecified atom stereocenters. The average molecular weight is 278 g/mol. The Balaban J connectivity index is 2.07. The summed E-state index contributed by atoms with van der Waals surface area (Å²) in [6, 6.07) is 6.03. The van der Waals surface area contributed by atoms with Crippen LogP contribution in [-0.2, 0) is 11.3 Å². The molecule has 1 aliphatic heterocycles. The molecule has 2 rings (SSSR count). The maximum atomic E-state index is 11.3. The molecular formula is C14H22N4O2. The number of methoxy groups -OCH3 is 1. The summed E-state index contributed by atoms with van der Waals surface area (Å²) in [7, 11) is 1.60. The van der Waals surface area contributed by atoms with E-state index in [0.717, 1.165) is 31.6 Å². The van der Waals surface area contributed by atoms with Gasteiger partial charge < -0.3 is 15.8 Å². The van der Waals surface area contributed by atoms with Crippen molar-refractivity contribution < 1.29 is 9.53 Å². The van der Waals surface area contributed by atoms with E-state index in [1.54, 1.807) is 7.11 Å². The molecular weight excluding hydrogens is 256 g/mol. The van der Waals surface area contributed by atoms with Gasteiger partial charge in [0.2, 0.25) is 11.8 Å². The fourth-order valence-corrected chi connectivity index (χ4v) is 2.55. The van der Waals surface area contributed by atoms with Crippen LogP contribution in [0.25, 0.3) is 0 Å². The Labute approximate surface area is 119 Å². The summed E-state index contributed by atoms with van der Waals surface area (Å²) in [5.41, 5.74) is 6.26. The molecule has 1 fully saturated rings. The SMILES string of the molecule is COc1cccc(CN(CC(N)=O)C2CCNCC2)n1. The lowest BCUT2D eigenvalue weighted by molar-refractivity contribution is -0.120. The number of nitrogens with zero attached hydrogens (tertiary/aromatic N) is 2. The Morgan fingerprint density at radius 1 is 1.50 bits per heavy atom. The molecule has 0 saturated carbocycles. The maximum Gasteiger partial charge on any atom is 0.231 e. The van der Waals surface area contributed by atoms with Gasteiger partial charge in [0.25, 0.3) is 0 Å². The van der Waals surface area contributed by atoms with Gasteiger partial charge in [0.15, 0.2) is 0 Å². The monoisotopic (exact) mass is 278 g/mol. The lowest BCUT2D eigenvalue weighted by atomic mass is 10.0. The molecule has 6 nitrogen and oxygen atoms in total. The second-order valence-corrected chi connectivity index (χ2v) is 5.02. The predicted molar refractivity (Wildman–Crippen MR) is 76.3 cm³/mol. The van der Waals surface area contributed by atoms with Gasteiger partial charge in [-0.3, -0.25) is 9.69 Å². The van der Waals surface area contributed by atoms with Gasteiger partial charge in [-0.15, -0.1) is 0 Å². The number of pyridine rings is 1. The molecule has 0 radical (unpaired) electrons. The molecule has 1 aromatic heterocycles. The second-order valence-electron chi connectivity index (χ2n) is 5.02. The van der Waals surface area contributed by atoms with Crippen molar-refractivity contribution in [1.82, 2.24) is 15.2 Å². The fourth-order valence-electron chi connectivity index (χ4n) is 2.55. The van der Waals surface area contributed by atoms with Crippen molar-refractivity contribution in [2.45, 2.75) is 25.4 Å². The van der Waals surface area contributed by atoms with E-state index in [1.165, 1.54) is 0 Å². The zero-order valence-corrected chi connectivity index (χ0v) is 11.8. The highest BCUT2D eigenvalue weighted by molar-refractivity contribution is 5.75. The Morgan fingerprint density at radius 2 is 2.25 bits per heavy atom. The minimum absolute atomic E-state index is 0.267. The molecule has 3 N–H and O–H groups in total. The zero-order chi connectivity index (χ0) is 14.4. The van der Waals surface area contributed by atoms with Crippen molar-refractivity contribution in [2.24, 2.45) is 5.73 Å². The lowest BCUT2D eigenvalue weighted by Gasteiger charge is -2.33. The topological polar surface area (TPSA) is 80.5 Å². The average Bonchev–Trinajstić information content (AvgIpc) is 2.47. The number of primary amides is 1. The first-order valence-corrected chi connectivity index (χ1v) is 6.92. The normalized spacial score (nSPS) is 16.3. The molecule has 2 heterocycles. The maximum absolute atomic E-state index is 11.3. The van der Waals surface area contributed by atoms with Gasteiger partial charge in [-0.2, -0.15) is 0 Å². The summed E-state index contributed by atoms with van der Waals surface area (Å²) < 4.78 is 5.13. The molecule has 0 atom stereocenters. The molecule has 20 heavy (non-hydrogen) atoms. The minimum atomic E-state index is -0.300. The number of piperidine rings is 1. The van der Waals surface area contributed by atoms with Gasteiger partial charge in [0, 0.05) is 18.7 Å². The van der Waals surface area contributed by atoms with Crippen molar-refractivity contribution in [3.05, 3.63) is 23.9 Å². The van der Waals surface area contributed by atoms with Gasteiger partial charge in [-0.1, -0.05) is 6.07 Å². The first-order chi connectivity index (χ1) is 9.69. The Kier molecular flexibility index (Phi) is 5.31. The molecule has 1 saturated heterocycles. The lowest BCUT2D eigenvalue weighted by Crippen LogP contribution is -2.46. The highest BCUT2D eigenvalue weighted by atomic mass is 16.5. The fraction of sp³-hybridized carbons (Fsp3) is 0.571. The first-order valence-electron chi connectivity index (χ1n) is 6.92. The van der Waals surface area contributed by atoms with E-state index in [1.807, 2.05) is 18.2 Å². The van der Waals surface area contributed by atoms with Crippen LogP contribution in [0.5, 0.6) is 5.88 Å². The van der Waals surface area contributed by atoms with Crippen LogP contribution in [0.4, 0.5) is 0 Å². The number of hydrogen-bond acceptors (Lipinski definition) is 5. The summed E-state index contributed by atoms with van der Waals surface area (Å²) in [5.74, 6) is 0.290. The van der Waals surface area contributed by atoms with Crippen molar-refractivity contribution >= 4 is 5.91 Å². The van der Waals surface area contributed by atoms with Crippen LogP contribution >= 0.6 is 0 Å². The summed E-state index contributed by atoms with van der Waals surface area (Å²) in [6.45, 7) is 2.84. The summed E-state index contributed by atoms with van der Waals surface area (Å²) >= 11 is 0. The zero-order valence-electron chi connectivity index (χ0n) is 11.8. The molecule has 0 aromatic carbocycles. The molecule has 1 aliphatic rings. The van der Waals surface area contributed by atoms with E-state index in [9.17, 15) is 4.79 Å². The van der Waals surface area contributed by atoms with Crippen LogP contribution in [0.3, 0.4) is 0 Å². The minimum Gasteiger partial charge on any atom is -0.481 e. The van der Waals surface area contributed by atoms with Gasteiger partial charge in [0.1, 0.15) is 0 Å². The quantitative estimate of drug-likeness (QED) is 0.773. The summed E-state index contributed by atoms with van der Waals surface area (Å²) in [6.07, 6.45) is 2.05. The number of carbonyl (C=O) groups is 1. The van der Waals surface area contributed by atoms with Crippen LogP contribution in [0.15, 0.2) is 18.2 Å². The molecule has 0 aliphatic carbocycles. The van der Waals surface area contributed by atoms with Gasteiger partial charge in [0.05, 0.1) is 19.3 Å². The highest BCUT2D eigenvalue weighted by Gasteiger charge is 2.22. The third-order valence-electron chi connectivity index (χ3n) is 3.54. The van der Waals surface area contributed by atoms with E-state index in [0.29, 0.717) is 18.5 Å².